The second-order valence-electron chi connectivity index (χ2n) is 5.79. The number of hydrogen-bond donors (Lipinski definition) is 2. The number of hydrogen-bond acceptors (Lipinski definition) is 4. The highest BCUT2D eigenvalue weighted by molar-refractivity contribution is 5.81. The maximum atomic E-state index is 13.9. The molecule has 0 aliphatic heterocycles. The lowest BCUT2D eigenvalue weighted by molar-refractivity contribution is -0.157. The molecular formula is C15H20FNO4. The van der Waals surface area contributed by atoms with Crippen LogP contribution in [-0.2, 0) is 14.3 Å². The fraction of sp³-hybridized carbons (Fsp3) is 0.467. The Bertz CT molecular complexity index is 525. The molecule has 0 spiro atoms. The highest BCUT2D eigenvalue weighted by atomic mass is 19.1. The Morgan fingerprint density at radius 1 is 1.33 bits per heavy atom. The summed E-state index contributed by atoms with van der Waals surface area (Å²) in [5.74, 6) is -3.68. The Kier molecular flexibility index (Phi) is 5.43. The van der Waals surface area contributed by atoms with Crippen molar-refractivity contribution >= 4 is 11.9 Å². The fourth-order valence-electron chi connectivity index (χ4n) is 1.94. The summed E-state index contributed by atoms with van der Waals surface area (Å²) in [6.07, 6.45) is -0.460. The Hall–Kier alpha value is -1.95. The van der Waals surface area contributed by atoms with Crippen LogP contribution in [0.15, 0.2) is 24.3 Å². The average molecular weight is 297 g/mol. The summed E-state index contributed by atoms with van der Waals surface area (Å²) in [4.78, 5) is 23.1. The molecule has 0 aliphatic carbocycles. The smallest absolute Gasteiger partial charge is 0.315 e. The van der Waals surface area contributed by atoms with Crippen molar-refractivity contribution in [3.05, 3.63) is 35.6 Å². The lowest BCUT2D eigenvalue weighted by Crippen LogP contribution is -2.39. The van der Waals surface area contributed by atoms with E-state index in [-0.39, 0.29) is 5.56 Å². The fourth-order valence-corrected chi connectivity index (χ4v) is 1.94. The van der Waals surface area contributed by atoms with E-state index in [4.69, 9.17) is 15.6 Å². The molecule has 21 heavy (non-hydrogen) atoms. The van der Waals surface area contributed by atoms with E-state index in [0.29, 0.717) is 0 Å². The third-order valence-corrected chi connectivity index (χ3v) is 2.74. The van der Waals surface area contributed by atoms with E-state index in [1.165, 1.54) is 18.2 Å². The van der Waals surface area contributed by atoms with Crippen LogP contribution in [-0.4, -0.2) is 28.7 Å². The van der Waals surface area contributed by atoms with Gasteiger partial charge in [-0.15, -0.1) is 0 Å². The van der Waals surface area contributed by atoms with Crippen molar-refractivity contribution < 1.29 is 23.8 Å². The third kappa shape index (κ3) is 5.15. The van der Waals surface area contributed by atoms with Crippen molar-refractivity contribution in [2.45, 2.75) is 44.8 Å². The first-order valence-corrected chi connectivity index (χ1v) is 6.56. The summed E-state index contributed by atoms with van der Waals surface area (Å²) >= 11 is 0. The van der Waals surface area contributed by atoms with E-state index >= 15 is 0 Å². The van der Waals surface area contributed by atoms with E-state index in [2.05, 4.69) is 0 Å². The number of ether oxygens (including phenoxy) is 1. The summed E-state index contributed by atoms with van der Waals surface area (Å²) in [6, 6.07) is 4.57. The average Bonchev–Trinajstić information content (AvgIpc) is 2.28. The number of halogens is 1. The number of nitrogens with two attached hydrogens (primary N) is 1. The minimum Gasteiger partial charge on any atom is -0.481 e. The molecule has 0 saturated heterocycles. The van der Waals surface area contributed by atoms with Crippen molar-refractivity contribution in [3.8, 4) is 0 Å². The molecule has 0 aromatic heterocycles. The van der Waals surface area contributed by atoms with Gasteiger partial charge in [-0.2, -0.15) is 0 Å². The van der Waals surface area contributed by atoms with Crippen molar-refractivity contribution in [1.29, 1.82) is 0 Å². The van der Waals surface area contributed by atoms with Crippen LogP contribution < -0.4 is 5.73 Å². The lowest BCUT2D eigenvalue weighted by atomic mass is 9.89. The van der Waals surface area contributed by atoms with Gasteiger partial charge >= 0.3 is 11.9 Å². The molecule has 1 aromatic carbocycles. The van der Waals surface area contributed by atoms with Gasteiger partial charge in [-0.05, 0) is 26.8 Å². The molecule has 0 aliphatic rings. The molecular weight excluding hydrogens is 277 g/mol. The van der Waals surface area contributed by atoms with Gasteiger partial charge in [-0.3, -0.25) is 9.59 Å². The van der Waals surface area contributed by atoms with Gasteiger partial charge in [0.25, 0.3) is 0 Å². The van der Waals surface area contributed by atoms with Crippen LogP contribution in [0.3, 0.4) is 0 Å². The van der Waals surface area contributed by atoms with Gasteiger partial charge in [0.15, 0.2) is 0 Å². The maximum absolute atomic E-state index is 13.9. The van der Waals surface area contributed by atoms with Gasteiger partial charge < -0.3 is 15.6 Å². The number of aliphatic carboxylic acids is 1. The molecule has 0 unspecified atom stereocenters. The summed E-state index contributed by atoms with van der Waals surface area (Å²) in [5, 5.41) is 8.84. The molecule has 6 heteroatoms. The van der Waals surface area contributed by atoms with Crippen LogP contribution in [0.2, 0.25) is 0 Å². The highest BCUT2D eigenvalue weighted by Crippen LogP contribution is 2.27. The molecule has 3 N–H and O–H groups in total. The van der Waals surface area contributed by atoms with E-state index in [1.54, 1.807) is 26.8 Å². The van der Waals surface area contributed by atoms with Gasteiger partial charge in [0.05, 0.1) is 6.42 Å². The van der Waals surface area contributed by atoms with Crippen molar-refractivity contribution in [2.24, 2.45) is 5.73 Å². The van der Waals surface area contributed by atoms with Crippen molar-refractivity contribution in [1.82, 2.24) is 0 Å². The summed E-state index contributed by atoms with van der Waals surface area (Å²) in [5.41, 5.74) is 5.06. The minimum absolute atomic E-state index is 0.0421. The van der Waals surface area contributed by atoms with Gasteiger partial charge in [0.1, 0.15) is 17.3 Å². The van der Waals surface area contributed by atoms with E-state index in [1.807, 2.05) is 0 Å². The summed E-state index contributed by atoms with van der Waals surface area (Å²) in [6.45, 7) is 5.02. The molecule has 0 saturated carbocycles. The number of esters is 1. The first-order chi connectivity index (χ1) is 9.61. The largest absolute Gasteiger partial charge is 0.481 e. The zero-order valence-electron chi connectivity index (χ0n) is 12.3. The number of carboxylic acid groups (broad SMARTS) is 1. The summed E-state index contributed by atoms with van der Waals surface area (Å²) in [7, 11) is 0. The molecule has 0 amide bonds. The number of benzene rings is 1. The third-order valence-electron chi connectivity index (χ3n) is 2.74. The molecule has 0 heterocycles. The van der Waals surface area contributed by atoms with Crippen LogP contribution in [0.25, 0.3) is 0 Å². The molecule has 1 rings (SSSR count). The maximum Gasteiger partial charge on any atom is 0.315 e. The van der Waals surface area contributed by atoms with E-state index in [0.717, 1.165) is 0 Å². The zero-order valence-corrected chi connectivity index (χ0v) is 12.3. The first kappa shape index (κ1) is 17.1. The second-order valence-corrected chi connectivity index (χ2v) is 5.79. The van der Waals surface area contributed by atoms with Crippen LogP contribution in [0, 0.1) is 5.82 Å². The van der Waals surface area contributed by atoms with E-state index in [9.17, 15) is 14.0 Å². The first-order valence-electron chi connectivity index (χ1n) is 6.56. The van der Waals surface area contributed by atoms with Gasteiger partial charge in [0.2, 0.25) is 0 Å². The topological polar surface area (TPSA) is 89.6 Å². The Labute approximate surface area is 122 Å². The lowest BCUT2D eigenvalue weighted by Gasteiger charge is -2.27. The van der Waals surface area contributed by atoms with Gasteiger partial charge in [-0.25, -0.2) is 4.39 Å². The highest BCUT2D eigenvalue weighted by Gasteiger charge is 2.34. The van der Waals surface area contributed by atoms with Crippen molar-refractivity contribution in [3.63, 3.8) is 0 Å². The SMILES string of the molecule is CC(C)(C)OC(=O)[C@@H](c1ccccc1F)[C@H](N)CC(=O)O. The number of carbonyl (C=O) groups is 2. The van der Waals surface area contributed by atoms with Crippen molar-refractivity contribution in [2.75, 3.05) is 0 Å². The van der Waals surface area contributed by atoms with Crippen LogP contribution >= 0.6 is 0 Å². The number of carboxylic acids is 1. The zero-order chi connectivity index (χ0) is 16.2. The van der Waals surface area contributed by atoms with Crippen LogP contribution in [0.5, 0.6) is 0 Å². The number of rotatable bonds is 5. The molecule has 1 aromatic rings. The second kappa shape index (κ2) is 6.67. The Balaban J connectivity index is 3.14. The van der Waals surface area contributed by atoms with Crippen LogP contribution in [0.4, 0.5) is 4.39 Å². The van der Waals surface area contributed by atoms with Gasteiger partial charge in [-0.1, -0.05) is 18.2 Å². The molecule has 0 bridgehead atoms. The standard InChI is InChI=1S/C15H20FNO4/c1-15(2,3)21-14(20)13(11(17)8-12(18)19)9-6-4-5-7-10(9)16/h4-7,11,13H,8,17H2,1-3H3,(H,18,19)/t11-,13+/m1/s1. The molecule has 0 radical (unpaired) electrons. The normalized spacial score (nSPS) is 14.3. The molecule has 5 nitrogen and oxygen atoms in total. The molecule has 116 valence electrons. The predicted octanol–water partition coefficient (Wildman–Crippen LogP) is 2.05. The predicted molar refractivity (Wildman–Crippen MR) is 75.2 cm³/mol. The van der Waals surface area contributed by atoms with E-state index < -0.39 is 41.7 Å². The van der Waals surface area contributed by atoms with Gasteiger partial charge in [0, 0.05) is 11.6 Å². The molecule has 2 atom stereocenters. The minimum atomic E-state index is -1.17. The quantitative estimate of drug-likeness (QED) is 0.812. The Morgan fingerprint density at radius 3 is 2.38 bits per heavy atom. The summed E-state index contributed by atoms with van der Waals surface area (Å²) < 4.78 is 19.2. The monoisotopic (exact) mass is 297 g/mol. The number of carbonyl (C=O) groups excluding carboxylic acids is 1. The molecule has 0 fully saturated rings. The Morgan fingerprint density at radius 2 is 1.90 bits per heavy atom. The van der Waals surface area contributed by atoms with Crippen LogP contribution in [0.1, 0.15) is 38.7 Å².